The Hall–Kier alpha value is -2.46. The van der Waals surface area contributed by atoms with Crippen molar-refractivity contribution in [1.29, 1.82) is 0 Å². The van der Waals surface area contributed by atoms with E-state index in [1.165, 1.54) is 31.2 Å². The molecule has 0 amide bonds. The normalized spacial score (nSPS) is 12.2. The van der Waals surface area contributed by atoms with Crippen molar-refractivity contribution in [2.24, 2.45) is 0 Å². The largest absolute Gasteiger partial charge is 0.416 e. The zero-order valence-electron chi connectivity index (χ0n) is 12.9. The molecule has 0 radical (unpaired) electrons. The third kappa shape index (κ3) is 4.54. The van der Waals surface area contributed by atoms with Crippen LogP contribution in [0.15, 0.2) is 47.4 Å². The first-order valence-electron chi connectivity index (χ1n) is 6.91. The second-order valence-electron chi connectivity index (χ2n) is 5.23. The zero-order valence-corrected chi connectivity index (χ0v) is 13.7. The van der Waals surface area contributed by atoms with Crippen molar-refractivity contribution in [3.63, 3.8) is 0 Å². The summed E-state index contributed by atoms with van der Waals surface area (Å²) in [5, 5.41) is 10.8. The van der Waals surface area contributed by atoms with Crippen molar-refractivity contribution < 1.29 is 26.5 Å². The van der Waals surface area contributed by atoms with E-state index in [4.69, 9.17) is 0 Å². The van der Waals surface area contributed by atoms with Crippen LogP contribution in [0, 0.1) is 17.0 Å². The molecular formula is C15H13F3N2O4S. The first kappa shape index (κ1) is 18.9. The molecule has 0 saturated carbocycles. The lowest BCUT2D eigenvalue weighted by Crippen LogP contribution is -2.24. The van der Waals surface area contributed by atoms with Crippen molar-refractivity contribution in [2.75, 3.05) is 0 Å². The number of halogens is 3. The fourth-order valence-corrected chi connectivity index (χ4v) is 3.39. The molecule has 0 aromatic heterocycles. The van der Waals surface area contributed by atoms with E-state index >= 15 is 0 Å². The third-order valence-corrected chi connectivity index (χ3v) is 4.94. The maximum atomic E-state index is 12.7. The fraction of sp³-hybridized carbons (Fsp3) is 0.200. The Balaban J connectivity index is 2.26. The van der Waals surface area contributed by atoms with E-state index in [0.717, 1.165) is 18.2 Å². The highest BCUT2D eigenvalue weighted by Crippen LogP contribution is 2.29. The first-order chi connectivity index (χ1) is 11.5. The van der Waals surface area contributed by atoms with Crippen LogP contribution in [-0.2, 0) is 22.7 Å². The molecule has 2 aromatic carbocycles. The highest BCUT2D eigenvalue weighted by molar-refractivity contribution is 7.89. The van der Waals surface area contributed by atoms with Gasteiger partial charge in [0, 0.05) is 18.7 Å². The summed E-state index contributed by atoms with van der Waals surface area (Å²) in [4.78, 5) is 9.76. The van der Waals surface area contributed by atoms with Gasteiger partial charge in [-0.3, -0.25) is 10.1 Å². The molecule has 0 aliphatic rings. The van der Waals surface area contributed by atoms with Gasteiger partial charge in [-0.05, 0) is 24.1 Å². The molecule has 10 heteroatoms. The molecule has 0 aliphatic carbocycles. The van der Waals surface area contributed by atoms with Crippen LogP contribution < -0.4 is 4.72 Å². The number of sulfonamides is 1. The molecule has 25 heavy (non-hydrogen) atoms. The predicted octanol–water partition coefficient (Wildman–Crippen LogP) is 3.40. The van der Waals surface area contributed by atoms with Crippen LogP contribution in [0.2, 0.25) is 0 Å². The number of nitrogens with one attached hydrogen (secondary N) is 1. The molecule has 6 nitrogen and oxygen atoms in total. The topological polar surface area (TPSA) is 89.3 Å². The maximum absolute atomic E-state index is 12.7. The molecular weight excluding hydrogens is 361 g/mol. The Labute approximate surface area is 141 Å². The van der Waals surface area contributed by atoms with Gasteiger partial charge in [0.1, 0.15) is 0 Å². The Morgan fingerprint density at radius 3 is 2.44 bits per heavy atom. The van der Waals surface area contributed by atoms with Crippen molar-refractivity contribution in [2.45, 2.75) is 24.5 Å². The summed E-state index contributed by atoms with van der Waals surface area (Å²) in [5.74, 6) is 0. The van der Waals surface area contributed by atoms with Crippen molar-refractivity contribution in [3.8, 4) is 0 Å². The minimum Gasteiger partial charge on any atom is -0.258 e. The second-order valence-corrected chi connectivity index (χ2v) is 6.96. The Morgan fingerprint density at radius 1 is 1.16 bits per heavy atom. The highest BCUT2D eigenvalue weighted by atomic mass is 32.2. The molecule has 0 aliphatic heterocycles. The second kappa shape index (κ2) is 6.81. The molecule has 0 bridgehead atoms. The van der Waals surface area contributed by atoms with Crippen LogP contribution in [0.1, 0.15) is 16.7 Å². The van der Waals surface area contributed by atoms with Crippen LogP contribution in [0.4, 0.5) is 18.9 Å². The smallest absolute Gasteiger partial charge is 0.258 e. The van der Waals surface area contributed by atoms with E-state index in [0.29, 0.717) is 0 Å². The lowest BCUT2D eigenvalue weighted by molar-refractivity contribution is -0.385. The standard InChI is InChI=1S/C15H13F3N2O4S/c1-10-5-6-13(20(21)22)8-14(10)25(23,24)19-9-11-3-2-4-12(7-11)15(16,17)18/h2-8,19H,9H2,1H3. The molecule has 0 spiro atoms. The number of non-ortho nitro benzene ring substituents is 1. The van der Waals surface area contributed by atoms with Gasteiger partial charge >= 0.3 is 6.18 Å². The highest BCUT2D eigenvalue weighted by Gasteiger charge is 2.30. The van der Waals surface area contributed by atoms with Crippen molar-refractivity contribution in [3.05, 3.63) is 69.3 Å². The van der Waals surface area contributed by atoms with Gasteiger partial charge in [0.2, 0.25) is 10.0 Å². The predicted molar refractivity (Wildman–Crippen MR) is 83.3 cm³/mol. The molecule has 134 valence electrons. The number of alkyl halides is 3. The van der Waals surface area contributed by atoms with Gasteiger partial charge in [-0.1, -0.05) is 24.3 Å². The molecule has 0 heterocycles. The molecule has 2 aromatic rings. The van der Waals surface area contributed by atoms with E-state index in [9.17, 15) is 31.7 Å². The number of aryl methyl sites for hydroxylation is 1. The average Bonchev–Trinajstić information content (AvgIpc) is 2.52. The summed E-state index contributed by atoms with van der Waals surface area (Å²) < 4.78 is 64.8. The summed E-state index contributed by atoms with van der Waals surface area (Å²) in [6.07, 6.45) is -4.54. The van der Waals surface area contributed by atoms with Gasteiger partial charge in [0.25, 0.3) is 5.69 Å². The Kier molecular flexibility index (Phi) is 5.14. The van der Waals surface area contributed by atoms with E-state index in [1.54, 1.807) is 0 Å². The Morgan fingerprint density at radius 2 is 1.84 bits per heavy atom. The molecule has 0 unspecified atom stereocenters. The number of hydrogen-bond donors (Lipinski definition) is 1. The maximum Gasteiger partial charge on any atom is 0.416 e. The van der Waals surface area contributed by atoms with Crippen LogP contribution >= 0.6 is 0 Å². The van der Waals surface area contributed by atoms with E-state index in [1.807, 2.05) is 0 Å². The van der Waals surface area contributed by atoms with Gasteiger partial charge in [-0.15, -0.1) is 0 Å². The number of nitrogens with zero attached hydrogens (tertiary/aromatic N) is 1. The van der Waals surface area contributed by atoms with Gasteiger partial charge < -0.3 is 0 Å². The zero-order chi connectivity index (χ0) is 18.8. The Bertz CT molecular complexity index is 911. The van der Waals surface area contributed by atoms with E-state index < -0.39 is 32.4 Å². The molecule has 0 atom stereocenters. The summed E-state index contributed by atoms with van der Waals surface area (Å²) >= 11 is 0. The monoisotopic (exact) mass is 374 g/mol. The van der Waals surface area contributed by atoms with Crippen LogP contribution in [0.5, 0.6) is 0 Å². The van der Waals surface area contributed by atoms with Gasteiger partial charge in [0.05, 0.1) is 15.4 Å². The summed E-state index contributed by atoms with van der Waals surface area (Å²) in [6.45, 7) is 1.08. The third-order valence-electron chi connectivity index (χ3n) is 3.39. The number of nitro groups is 1. The summed E-state index contributed by atoms with van der Waals surface area (Å²) in [5.41, 5.74) is -0.899. The van der Waals surface area contributed by atoms with Gasteiger partial charge in [0.15, 0.2) is 0 Å². The SMILES string of the molecule is Cc1ccc([N+](=O)[O-])cc1S(=O)(=O)NCc1cccc(C(F)(F)F)c1. The molecule has 0 fully saturated rings. The first-order valence-corrected chi connectivity index (χ1v) is 8.40. The van der Waals surface area contributed by atoms with Gasteiger partial charge in [-0.25, -0.2) is 13.1 Å². The lowest BCUT2D eigenvalue weighted by atomic mass is 10.1. The minimum atomic E-state index is -4.54. The summed E-state index contributed by atoms with van der Waals surface area (Å²) in [6, 6.07) is 7.59. The quantitative estimate of drug-likeness (QED) is 0.642. The molecule has 2 rings (SSSR count). The lowest BCUT2D eigenvalue weighted by Gasteiger charge is -2.11. The van der Waals surface area contributed by atoms with Crippen LogP contribution in [0.3, 0.4) is 0 Å². The number of rotatable bonds is 5. The number of hydrogen-bond acceptors (Lipinski definition) is 4. The molecule has 0 saturated heterocycles. The fourth-order valence-electron chi connectivity index (χ4n) is 2.11. The minimum absolute atomic E-state index is 0.112. The van der Waals surface area contributed by atoms with Crippen molar-refractivity contribution in [1.82, 2.24) is 4.72 Å². The summed E-state index contributed by atoms with van der Waals surface area (Å²) in [7, 11) is -4.13. The van der Waals surface area contributed by atoms with Crippen LogP contribution in [0.25, 0.3) is 0 Å². The van der Waals surface area contributed by atoms with Crippen LogP contribution in [-0.4, -0.2) is 13.3 Å². The number of nitro benzene ring substituents is 1. The van der Waals surface area contributed by atoms with Gasteiger partial charge in [-0.2, -0.15) is 13.2 Å². The van der Waals surface area contributed by atoms with E-state index in [2.05, 4.69) is 4.72 Å². The van der Waals surface area contributed by atoms with E-state index in [-0.39, 0.29) is 22.6 Å². The molecule has 1 N–H and O–H groups in total. The van der Waals surface area contributed by atoms with Crippen molar-refractivity contribution >= 4 is 15.7 Å². The number of benzene rings is 2. The average molecular weight is 374 g/mol.